The Balaban J connectivity index is 1.49. The molecule has 0 saturated heterocycles. The molecular formula is C29H50O2. The highest BCUT2D eigenvalue weighted by molar-refractivity contribution is 5.25. The van der Waals surface area contributed by atoms with Gasteiger partial charge in [0.15, 0.2) is 0 Å². The van der Waals surface area contributed by atoms with Crippen molar-refractivity contribution in [2.45, 2.75) is 118 Å². The van der Waals surface area contributed by atoms with E-state index in [4.69, 9.17) is 0 Å². The molecule has 0 radical (unpaired) electrons. The molecule has 3 saturated carbocycles. The van der Waals surface area contributed by atoms with E-state index in [2.05, 4.69) is 47.6 Å². The lowest BCUT2D eigenvalue weighted by molar-refractivity contribution is -0.0613. The van der Waals surface area contributed by atoms with Gasteiger partial charge in [-0.3, -0.25) is 0 Å². The van der Waals surface area contributed by atoms with Crippen LogP contribution < -0.4 is 0 Å². The standard InChI is InChI=1S/C29H50O2/c1-7-22(18(2)3)27(31)16-19(4)24-10-11-25-23-9-8-20-17-21(30)12-14-28(20,5)26(23)13-15-29(24,25)6/h8,18-19,21-27,30-31H,7,9-17H2,1-6H3/t19-,21+,22+,23?,24?,25?,26?,27-,28+,29-/m1/s1. The van der Waals surface area contributed by atoms with Gasteiger partial charge in [0.1, 0.15) is 0 Å². The Morgan fingerprint density at radius 2 is 1.77 bits per heavy atom. The zero-order valence-corrected chi connectivity index (χ0v) is 21.2. The van der Waals surface area contributed by atoms with Crippen molar-refractivity contribution >= 4 is 0 Å². The van der Waals surface area contributed by atoms with Crippen LogP contribution in [0.25, 0.3) is 0 Å². The van der Waals surface area contributed by atoms with Gasteiger partial charge in [-0.15, -0.1) is 0 Å². The molecule has 4 rings (SSSR count). The van der Waals surface area contributed by atoms with E-state index in [1.165, 1.54) is 38.5 Å². The van der Waals surface area contributed by atoms with Crippen LogP contribution in [0.2, 0.25) is 0 Å². The van der Waals surface area contributed by atoms with Gasteiger partial charge in [-0.05, 0) is 110 Å². The molecule has 2 heteroatoms. The lowest BCUT2D eigenvalue weighted by atomic mass is 9.47. The number of hydrogen-bond donors (Lipinski definition) is 2. The first-order chi connectivity index (χ1) is 14.6. The highest BCUT2D eigenvalue weighted by Gasteiger charge is 2.59. The van der Waals surface area contributed by atoms with Crippen LogP contribution in [0, 0.1) is 52.3 Å². The molecule has 0 amide bonds. The molecule has 2 nitrogen and oxygen atoms in total. The van der Waals surface area contributed by atoms with Gasteiger partial charge in [0.2, 0.25) is 0 Å². The molecule has 0 aromatic carbocycles. The summed E-state index contributed by atoms with van der Waals surface area (Å²) in [5.74, 6) is 4.89. The van der Waals surface area contributed by atoms with Crippen LogP contribution in [0.5, 0.6) is 0 Å². The molecule has 0 aliphatic heterocycles. The van der Waals surface area contributed by atoms with Crippen molar-refractivity contribution in [3.05, 3.63) is 11.6 Å². The van der Waals surface area contributed by atoms with Crippen LogP contribution in [0.4, 0.5) is 0 Å². The summed E-state index contributed by atoms with van der Waals surface area (Å²) < 4.78 is 0. The van der Waals surface area contributed by atoms with Gasteiger partial charge in [-0.1, -0.05) is 59.6 Å². The molecule has 4 aliphatic rings. The predicted octanol–water partition coefficient (Wildman–Crippen LogP) is 7.00. The van der Waals surface area contributed by atoms with Crippen molar-refractivity contribution in [1.82, 2.24) is 0 Å². The minimum atomic E-state index is -0.147. The van der Waals surface area contributed by atoms with Crippen molar-refractivity contribution < 1.29 is 10.2 Å². The number of hydrogen-bond acceptors (Lipinski definition) is 2. The third-order valence-corrected chi connectivity index (χ3v) is 11.3. The Morgan fingerprint density at radius 1 is 1.03 bits per heavy atom. The van der Waals surface area contributed by atoms with Crippen LogP contribution in [0.3, 0.4) is 0 Å². The summed E-state index contributed by atoms with van der Waals surface area (Å²) >= 11 is 0. The largest absolute Gasteiger partial charge is 0.393 e. The highest BCUT2D eigenvalue weighted by Crippen LogP contribution is 2.67. The minimum Gasteiger partial charge on any atom is -0.393 e. The van der Waals surface area contributed by atoms with Crippen LogP contribution in [0.1, 0.15) is 106 Å². The van der Waals surface area contributed by atoms with E-state index in [1.54, 1.807) is 5.57 Å². The fourth-order valence-electron chi connectivity index (χ4n) is 9.52. The van der Waals surface area contributed by atoms with E-state index in [0.717, 1.165) is 49.4 Å². The maximum Gasteiger partial charge on any atom is 0.0577 e. The molecule has 0 aromatic rings. The normalized spacial score (nSPS) is 45.3. The van der Waals surface area contributed by atoms with E-state index in [1.807, 2.05) is 0 Å². The maximum absolute atomic E-state index is 11.0. The molecule has 10 atom stereocenters. The van der Waals surface area contributed by atoms with E-state index in [0.29, 0.717) is 28.6 Å². The Labute approximate surface area is 192 Å². The van der Waals surface area contributed by atoms with E-state index < -0.39 is 0 Å². The van der Waals surface area contributed by atoms with Crippen LogP contribution in [-0.4, -0.2) is 22.4 Å². The Hall–Kier alpha value is -0.340. The van der Waals surface area contributed by atoms with Crippen LogP contribution in [0.15, 0.2) is 11.6 Å². The molecule has 4 unspecified atom stereocenters. The van der Waals surface area contributed by atoms with E-state index in [9.17, 15) is 10.2 Å². The zero-order valence-electron chi connectivity index (χ0n) is 21.2. The summed E-state index contributed by atoms with van der Waals surface area (Å²) in [6.45, 7) is 14.4. The summed E-state index contributed by atoms with van der Waals surface area (Å²) in [7, 11) is 0. The van der Waals surface area contributed by atoms with Gasteiger partial charge in [0.05, 0.1) is 12.2 Å². The average molecular weight is 431 g/mol. The van der Waals surface area contributed by atoms with Gasteiger partial charge in [-0.2, -0.15) is 0 Å². The van der Waals surface area contributed by atoms with Crippen molar-refractivity contribution in [3.63, 3.8) is 0 Å². The molecule has 0 aromatic heterocycles. The minimum absolute atomic E-state index is 0.106. The third-order valence-electron chi connectivity index (χ3n) is 11.3. The topological polar surface area (TPSA) is 40.5 Å². The van der Waals surface area contributed by atoms with Gasteiger partial charge in [-0.25, -0.2) is 0 Å². The van der Waals surface area contributed by atoms with E-state index >= 15 is 0 Å². The first-order valence-electron chi connectivity index (χ1n) is 13.7. The van der Waals surface area contributed by atoms with Crippen LogP contribution in [-0.2, 0) is 0 Å². The molecule has 31 heavy (non-hydrogen) atoms. The SMILES string of the molecule is CC[C@@H](C(C)C)[C@H](O)C[C@@H](C)C1CCC2C3CC=C4C[C@@H](O)CC[C@]4(C)C3CC[C@@]21C. The summed E-state index contributed by atoms with van der Waals surface area (Å²) in [5.41, 5.74) is 2.38. The van der Waals surface area contributed by atoms with Crippen molar-refractivity contribution in [2.75, 3.05) is 0 Å². The van der Waals surface area contributed by atoms with Crippen molar-refractivity contribution in [2.24, 2.45) is 52.3 Å². The average Bonchev–Trinajstić information content (AvgIpc) is 3.06. The van der Waals surface area contributed by atoms with Gasteiger partial charge in [0.25, 0.3) is 0 Å². The predicted molar refractivity (Wildman–Crippen MR) is 130 cm³/mol. The third kappa shape index (κ3) is 3.96. The number of fused-ring (bicyclic) bond motifs is 5. The van der Waals surface area contributed by atoms with Gasteiger partial charge < -0.3 is 10.2 Å². The molecule has 178 valence electrons. The van der Waals surface area contributed by atoms with Gasteiger partial charge in [0, 0.05) is 0 Å². The number of aliphatic hydroxyl groups is 2. The molecule has 0 bridgehead atoms. The lowest BCUT2D eigenvalue weighted by Crippen LogP contribution is -2.51. The quantitative estimate of drug-likeness (QED) is 0.446. The Kier molecular flexibility index (Phi) is 6.75. The first kappa shape index (κ1) is 23.8. The fraction of sp³-hybridized carbons (Fsp3) is 0.931. The molecule has 0 heterocycles. The van der Waals surface area contributed by atoms with E-state index in [-0.39, 0.29) is 12.2 Å². The summed E-state index contributed by atoms with van der Waals surface area (Å²) in [6.07, 6.45) is 14.2. The first-order valence-corrected chi connectivity index (χ1v) is 13.7. The lowest BCUT2D eigenvalue weighted by Gasteiger charge is -2.58. The number of rotatable bonds is 6. The maximum atomic E-state index is 11.0. The Morgan fingerprint density at radius 3 is 2.45 bits per heavy atom. The smallest absolute Gasteiger partial charge is 0.0577 e. The highest BCUT2D eigenvalue weighted by atomic mass is 16.3. The zero-order chi connectivity index (χ0) is 22.6. The second kappa shape index (κ2) is 8.79. The summed E-state index contributed by atoms with van der Waals surface area (Å²) in [4.78, 5) is 0. The van der Waals surface area contributed by atoms with Crippen molar-refractivity contribution in [3.8, 4) is 0 Å². The van der Waals surface area contributed by atoms with Crippen LogP contribution >= 0.6 is 0 Å². The number of allylic oxidation sites excluding steroid dienone is 1. The van der Waals surface area contributed by atoms with Gasteiger partial charge >= 0.3 is 0 Å². The fourth-order valence-corrected chi connectivity index (χ4v) is 9.52. The molecule has 2 N–H and O–H groups in total. The van der Waals surface area contributed by atoms with Crippen molar-refractivity contribution in [1.29, 1.82) is 0 Å². The second-order valence-corrected chi connectivity index (χ2v) is 13.0. The number of aliphatic hydroxyl groups excluding tert-OH is 2. The molecule has 3 fully saturated rings. The monoisotopic (exact) mass is 430 g/mol. The molecular weight excluding hydrogens is 380 g/mol. The second-order valence-electron chi connectivity index (χ2n) is 13.0. The summed E-state index contributed by atoms with van der Waals surface area (Å²) in [6, 6.07) is 0. The Bertz CT molecular complexity index is 668. The summed E-state index contributed by atoms with van der Waals surface area (Å²) in [5, 5.41) is 21.3. The molecule has 4 aliphatic carbocycles. The molecule has 0 spiro atoms.